The molecule has 5 nitrogen and oxygen atoms in total. The Labute approximate surface area is 114 Å². The number of rotatable bonds is 6. The number of methoxy groups -OCH3 is 1. The van der Waals surface area contributed by atoms with Crippen molar-refractivity contribution in [2.45, 2.75) is 6.42 Å². The van der Waals surface area contributed by atoms with Gasteiger partial charge in [0.2, 0.25) is 0 Å². The van der Waals surface area contributed by atoms with Crippen molar-refractivity contribution >= 4 is 17.6 Å². The number of benzene rings is 1. The third-order valence-electron chi connectivity index (χ3n) is 2.43. The Morgan fingerprint density at radius 3 is 3.11 bits per heavy atom. The van der Waals surface area contributed by atoms with Crippen LogP contribution in [-0.2, 0) is 11.2 Å². The Morgan fingerprint density at radius 2 is 2.32 bits per heavy atom. The molecular weight excluding hydrogens is 273 g/mol. The Hall–Kier alpha value is -1.66. The molecule has 1 aromatic heterocycles. The van der Waals surface area contributed by atoms with Crippen LogP contribution in [0, 0.1) is 5.82 Å². The summed E-state index contributed by atoms with van der Waals surface area (Å²) < 4.78 is 23.5. The minimum atomic E-state index is -0.456. The Bertz CT molecular complexity index is 548. The van der Waals surface area contributed by atoms with Crippen molar-refractivity contribution in [3.8, 4) is 0 Å². The first-order valence-corrected chi connectivity index (χ1v) is 6.07. The molecule has 0 bridgehead atoms. The number of nitrogens with zero attached hydrogens (tertiary/aromatic N) is 2. The van der Waals surface area contributed by atoms with Gasteiger partial charge in [0.05, 0.1) is 11.6 Å². The second kappa shape index (κ2) is 6.49. The molecule has 0 aliphatic rings. The van der Waals surface area contributed by atoms with Gasteiger partial charge in [0.15, 0.2) is 5.82 Å². The van der Waals surface area contributed by atoms with E-state index in [1.807, 2.05) is 0 Å². The van der Waals surface area contributed by atoms with E-state index in [4.69, 9.17) is 20.9 Å². The smallest absolute Gasteiger partial charge is 0.321 e. The van der Waals surface area contributed by atoms with Gasteiger partial charge >= 0.3 is 6.01 Å². The van der Waals surface area contributed by atoms with Gasteiger partial charge < -0.3 is 14.6 Å². The lowest BCUT2D eigenvalue weighted by molar-refractivity contribution is 0.210. The molecule has 0 aliphatic carbocycles. The van der Waals surface area contributed by atoms with E-state index in [1.165, 1.54) is 6.07 Å². The average Bonchev–Trinajstić information content (AvgIpc) is 2.83. The van der Waals surface area contributed by atoms with Gasteiger partial charge in [-0.05, 0) is 11.6 Å². The summed E-state index contributed by atoms with van der Waals surface area (Å²) in [6, 6.07) is 5.09. The van der Waals surface area contributed by atoms with Crippen molar-refractivity contribution in [3.05, 3.63) is 40.4 Å². The van der Waals surface area contributed by atoms with Gasteiger partial charge in [-0.3, -0.25) is 0 Å². The Morgan fingerprint density at radius 1 is 1.47 bits per heavy atom. The predicted octanol–water partition coefficient (Wildman–Crippen LogP) is 2.51. The quantitative estimate of drug-likeness (QED) is 0.827. The van der Waals surface area contributed by atoms with Crippen LogP contribution in [0.3, 0.4) is 0 Å². The lowest BCUT2D eigenvalue weighted by Crippen LogP contribution is -2.07. The third kappa shape index (κ3) is 3.65. The molecule has 7 heteroatoms. The monoisotopic (exact) mass is 285 g/mol. The van der Waals surface area contributed by atoms with Crippen molar-refractivity contribution in [2.75, 3.05) is 25.6 Å². The molecule has 0 amide bonds. The van der Waals surface area contributed by atoms with Crippen LogP contribution in [0.5, 0.6) is 0 Å². The minimum absolute atomic E-state index is 0.0828. The zero-order chi connectivity index (χ0) is 13.7. The fraction of sp³-hybridized carbons (Fsp3) is 0.333. The van der Waals surface area contributed by atoms with Gasteiger partial charge in [-0.25, -0.2) is 4.39 Å². The summed E-state index contributed by atoms with van der Waals surface area (Å²) in [6.07, 6.45) is 0.224. The number of halogens is 2. The number of ether oxygens (including phenoxy) is 1. The number of nitrogens with one attached hydrogen (secondary N) is 1. The van der Waals surface area contributed by atoms with E-state index in [1.54, 1.807) is 19.2 Å². The first-order valence-electron chi connectivity index (χ1n) is 5.69. The second-order valence-electron chi connectivity index (χ2n) is 3.83. The molecule has 0 spiro atoms. The highest BCUT2D eigenvalue weighted by Gasteiger charge is 2.11. The third-order valence-corrected chi connectivity index (χ3v) is 2.72. The van der Waals surface area contributed by atoms with E-state index >= 15 is 0 Å². The van der Waals surface area contributed by atoms with Gasteiger partial charge in [0.25, 0.3) is 0 Å². The van der Waals surface area contributed by atoms with Crippen molar-refractivity contribution in [1.29, 1.82) is 0 Å². The number of hydrogen-bond acceptors (Lipinski definition) is 5. The largest absolute Gasteiger partial charge is 0.383 e. The van der Waals surface area contributed by atoms with Crippen molar-refractivity contribution < 1.29 is 13.7 Å². The van der Waals surface area contributed by atoms with Gasteiger partial charge in [0.1, 0.15) is 5.82 Å². The molecule has 0 atom stereocenters. The van der Waals surface area contributed by atoms with E-state index in [2.05, 4.69) is 15.5 Å². The van der Waals surface area contributed by atoms with Gasteiger partial charge in [-0.2, -0.15) is 4.98 Å². The SMILES string of the molecule is COCCNc1nc(Cc2cccc(Cl)c2F)no1. The minimum Gasteiger partial charge on any atom is -0.383 e. The van der Waals surface area contributed by atoms with Crippen molar-refractivity contribution in [3.63, 3.8) is 0 Å². The van der Waals surface area contributed by atoms with E-state index < -0.39 is 5.82 Å². The summed E-state index contributed by atoms with van der Waals surface area (Å²) in [5.41, 5.74) is 0.428. The molecule has 1 heterocycles. The summed E-state index contributed by atoms with van der Waals surface area (Å²) in [7, 11) is 1.60. The Balaban J connectivity index is 2.01. The predicted molar refractivity (Wildman–Crippen MR) is 68.9 cm³/mol. The fourth-order valence-corrected chi connectivity index (χ4v) is 1.71. The molecule has 102 valence electrons. The summed E-state index contributed by atoms with van der Waals surface area (Å²) >= 11 is 5.70. The van der Waals surface area contributed by atoms with Crippen LogP contribution in [0.4, 0.5) is 10.4 Å². The molecule has 0 aliphatic heterocycles. The van der Waals surface area contributed by atoms with Crippen LogP contribution < -0.4 is 5.32 Å². The Kier molecular flexibility index (Phi) is 4.70. The molecular formula is C12H13ClFN3O2. The average molecular weight is 286 g/mol. The summed E-state index contributed by atoms with van der Waals surface area (Å²) in [4.78, 5) is 4.09. The maximum Gasteiger partial charge on any atom is 0.321 e. The van der Waals surface area contributed by atoms with Gasteiger partial charge in [-0.15, -0.1) is 0 Å². The molecule has 0 saturated heterocycles. The molecule has 0 unspecified atom stereocenters. The summed E-state index contributed by atoms with van der Waals surface area (Å²) in [5.74, 6) is -0.0658. The van der Waals surface area contributed by atoms with Gasteiger partial charge in [0, 0.05) is 20.1 Å². The van der Waals surface area contributed by atoms with Crippen molar-refractivity contribution in [1.82, 2.24) is 10.1 Å². The topological polar surface area (TPSA) is 60.2 Å². The van der Waals surface area contributed by atoms with Crippen LogP contribution in [-0.4, -0.2) is 30.4 Å². The molecule has 1 N–H and O–H groups in total. The highest BCUT2D eigenvalue weighted by atomic mass is 35.5. The van der Waals surface area contributed by atoms with E-state index in [0.29, 0.717) is 24.5 Å². The zero-order valence-electron chi connectivity index (χ0n) is 10.3. The summed E-state index contributed by atoms with van der Waals surface area (Å²) in [6.45, 7) is 1.09. The van der Waals surface area contributed by atoms with E-state index in [9.17, 15) is 4.39 Å². The van der Waals surface area contributed by atoms with Crippen molar-refractivity contribution in [2.24, 2.45) is 0 Å². The van der Waals surface area contributed by atoms with Crippen LogP contribution in [0.2, 0.25) is 5.02 Å². The maximum atomic E-state index is 13.7. The molecule has 0 saturated carbocycles. The first kappa shape index (κ1) is 13.8. The number of aromatic nitrogens is 2. The lowest BCUT2D eigenvalue weighted by Gasteiger charge is -2.00. The molecule has 0 fully saturated rings. The van der Waals surface area contributed by atoms with Crippen LogP contribution in [0.15, 0.2) is 22.7 Å². The normalized spacial score (nSPS) is 10.7. The molecule has 2 aromatic rings. The van der Waals surface area contributed by atoms with Crippen LogP contribution in [0.25, 0.3) is 0 Å². The summed E-state index contributed by atoms with van der Waals surface area (Å²) in [5, 5.41) is 6.74. The molecule has 19 heavy (non-hydrogen) atoms. The first-order chi connectivity index (χ1) is 9.20. The zero-order valence-corrected chi connectivity index (χ0v) is 11.1. The number of hydrogen-bond donors (Lipinski definition) is 1. The van der Waals surface area contributed by atoms with E-state index in [-0.39, 0.29) is 17.5 Å². The van der Waals surface area contributed by atoms with Gasteiger partial charge in [-0.1, -0.05) is 28.9 Å². The fourth-order valence-electron chi connectivity index (χ4n) is 1.51. The molecule has 2 rings (SSSR count). The lowest BCUT2D eigenvalue weighted by atomic mass is 10.1. The second-order valence-corrected chi connectivity index (χ2v) is 4.23. The molecule has 1 aromatic carbocycles. The van der Waals surface area contributed by atoms with E-state index in [0.717, 1.165) is 0 Å². The number of anilines is 1. The van der Waals surface area contributed by atoms with Crippen LogP contribution >= 0.6 is 11.6 Å². The maximum absolute atomic E-state index is 13.7. The highest BCUT2D eigenvalue weighted by Crippen LogP contribution is 2.20. The van der Waals surface area contributed by atoms with Crippen LogP contribution in [0.1, 0.15) is 11.4 Å². The molecule has 0 radical (unpaired) electrons. The standard InChI is InChI=1S/C12H13ClFN3O2/c1-18-6-5-15-12-16-10(17-19-12)7-8-3-2-4-9(13)11(8)14/h2-4H,5-7H2,1H3,(H,15,16,17). The highest BCUT2D eigenvalue weighted by molar-refractivity contribution is 6.30.